The molecule has 0 saturated carbocycles. The summed E-state index contributed by atoms with van der Waals surface area (Å²) in [5.74, 6) is 0.299. The Kier molecular flexibility index (Phi) is 8.34. The number of nitrogens with one attached hydrogen (secondary N) is 2. The fraction of sp³-hybridized carbons (Fsp3) is 0.346. The second-order valence-electron chi connectivity index (χ2n) is 8.75. The summed E-state index contributed by atoms with van der Waals surface area (Å²) in [4.78, 5) is 31.7. The van der Waals surface area contributed by atoms with Gasteiger partial charge in [0.25, 0.3) is 0 Å². The van der Waals surface area contributed by atoms with Crippen molar-refractivity contribution in [2.45, 2.75) is 34.6 Å². The zero-order chi connectivity index (χ0) is 24.8. The summed E-state index contributed by atoms with van der Waals surface area (Å²) in [7, 11) is 0. The van der Waals surface area contributed by atoms with Gasteiger partial charge in [0.2, 0.25) is 11.9 Å². The molecule has 0 spiro atoms. The number of carbonyl (C=O) groups excluding carboxylic acids is 2. The Morgan fingerprint density at radius 1 is 1.09 bits per heavy atom. The van der Waals surface area contributed by atoms with Crippen LogP contribution < -0.4 is 10.6 Å². The van der Waals surface area contributed by atoms with E-state index in [0.717, 1.165) is 16.8 Å². The van der Waals surface area contributed by atoms with Gasteiger partial charge in [-0.1, -0.05) is 43.6 Å². The van der Waals surface area contributed by atoms with Crippen LogP contribution in [0.15, 0.2) is 48.7 Å². The SMILES string of the molecule is CCNC(=O)N(CC(=O)Nc1nc(-c2ccc(Cl)cc2)cn1-c1ccc(C)c(C)c1)CC(C)C. The van der Waals surface area contributed by atoms with E-state index >= 15 is 0 Å². The summed E-state index contributed by atoms with van der Waals surface area (Å²) in [5, 5.41) is 6.33. The number of hydrogen-bond acceptors (Lipinski definition) is 3. The second-order valence-corrected chi connectivity index (χ2v) is 9.19. The third kappa shape index (κ3) is 6.38. The van der Waals surface area contributed by atoms with Crippen LogP contribution in [0.25, 0.3) is 16.9 Å². The van der Waals surface area contributed by atoms with Crippen molar-refractivity contribution in [1.82, 2.24) is 19.8 Å². The molecule has 0 aliphatic rings. The largest absolute Gasteiger partial charge is 0.338 e. The summed E-state index contributed by atoms with van der Waals surface area (Å²) in [6.45, 7) is 10.9. The van der Waals surface area contributed by atoms with Crippen molar-refractivity contribution in [1.29, 1.82) is 0 Å². The lowest BCUT2D eigenvalue weighted by atomic mass is 10.1. The van der Waals surface area contributed by atoms with E-state index in [1.54, 1.807) is 12.1 Å². The number of hydrogen-bond donors (Lipinski definition) is 2. The van der Waals surface area contributed by atoms with Gasteiger partial charge in [-0.3, -0.25) is 14.7 Å². The molecule has 1 aromatic heterocycles. The first-order valence-corrected chi connectivity index (χ1v) is 11.8. The molecular weight excluding hydrogens is 450 g/mol. The van der Waals surface area contributed by atoms with Crippen LogP contribution in [0.4, 0.5) is 10.7 Å². The molecule has 0 bridgehead atoms. The molecule has 2 N–H and O–H groups in total. The summed E-state index contributed by atoms with van der Waals surface area (Å²) in [6, 6.07) is 13.2. The minimum absolute atomic E-state index is 0.0694. The van der Waals surface area contributed by atoms with Crippen molar-refractivity contribution in [3.05, 3.63) is 64.8 Å². The van der Waals surface area contributed by atoms with E-state index in [4.69, 9.17) is 16.6 Å². The molecule has 0 atom stereocenters. The fourth-order valence-corrected chi connectivity index (χ4v) is 3.69. The normalized spacial score (nSPS) is 10.9. The van der Waals surface area contributed by atoms with Crippen LogP contribution in [0.3, 0.4) is 0 Å². The number of urea groups is 1. The lowest BCUT2D eigenvalue weighted by molar-refractivity contribution is -0.116. The highest BCUT2D eigenvalue weighted by Gasteiger charge is 2.20. The summed E-state index contributed by atoms with van der Waals surface area (Å²) in [5.41, 5.74) is 4.78. The smallest absolute Gasteiger partial charge is 0.317 e. The van der Waals surface area contributed by atoms with Crippen molar-refractivity contribution >= 4 is 29.5 Å². The highest BCUT2D eigenvalue weighted by molar-refractivity contribution is 6.30. The van der Waals surface area contributed by atoms with Gasteiger partial charge in [0.1, 0.15) is 6.54 Å². The maximum atomic E-state index is 13.0. The maximum absolute atomic E-state index is 13.0. The topological polar surface area (TPSA) is 79.3 Å². The van der Waals surface area contributed by atoms with Gasteiger partial charge < -0.3 is 10.2 Å². The summed E-state index contributed by atoms with van der Waals surface area (Å²) < 4.78 is 1.85. The number of aromatic nitrogens is 2. The summed E-state index contributed by atoms with van der Waals surface area (Å²) >= 11 is 6.04. The molecule has 34 heavy (non-hydrogen) atoms. The molecule has 3 amide bonds. The van der Waals surface area contributed by atoms with Crippen molar-refractivity contribution in [3.8, 4) is 16.9 Å². The van der Waals surface area contributed by atoms with Crippen LogP contribution in [-0.2, 0) is 4.79 Å². The number of benzene rings is 2. The second kappa shape index (κ2) is 11.2. The van der Waals surface area contributed by atoms with Crippen molar-refractivity contribution < 1.29 is 9.59 Å². The van der Waals surface area contributed by atoms with Gasteiger partial charge in [-0.05, 0) is 62.1 Å². The minimum atomic E-state index is -0.315. The van der Waals surface area contributed by atoms with Gasteiger partial charge in [-0.15, -0.1) is 0 Å². The lowest BCUT2D eigenvalue weighted by Gasteiger charge is -2.24. The van der Waals surface area contributed by atoms with Crippen LogP contribution >= 0.6 is 11.6 Å². The first kappa shape index (κ1) is 25.3. The van der Waals surface area contributed by atoms with E-state index in [0.29, 0.717) is 29.8 Å². The molecule has 3 aromatic rings. The van der Waals surface area contributed by atoms with Crippen molar-refractivity contribution in [2.24, 2.45) is 5.92 Å². The molecular formula is C26H32ClN5O2. The molecule has 8 heteroatoms. The average molecular weight is 482 g/mol. The Labute approximate surface area is 206 Å². The first-order valence-electron chi connectivity index (χ1n) is 11.4. The number of halogens is 1. The summed E-state index contributed by atoms with van der Waals surface area (Å²) in [6.07, 6.45) is 1.89. The van der Waals surface area contributed by atoms with E-state index in [-0.39, 0.29) is 24.4 Å². The number of nitrogens with zero attached hydrogens (tertiary/aromatic N) is 3. The Morgan fingerprint density at radius 3 is 2.41 bits per heavy atom. The number of carbonyl (C=O) groups is 2. The van der Waals surface area contributed by atoms with Crippen molar-refractivity contribution in [2.75, 3.05) is 25.0 Å². The van der Waals surface area contributed by atoms with E-state index in [1.807, 2.05) is 62.7 Å². The van der Waals surface area contributed by atoms with Gasteiger partial charge in [0, 0.05) is 35.6 Å². The number of rotatable bonds is 8. The standard InChI is InChI=1S/C26H32ClN5O2/c1-6-28-26(34)31(14-17(2)3)16-24(33)30-25-29-23(20-8-10-21(27)11-9-20)15-32(25)22-12-7-18(4)19(5)13-22/h7-13,15,17H,6,14,16H2,1-5H3,(H,28,34)(H,29,30,33). The molecule has 0 saturated heterocycles. The van der Waals surface area contributed by atoms with Crippen LogP contribution in [0.2, 0.25) is 5.02 Å². The molecule has 3 rings (SSSR count). The van der Waals surface area contributed by atoms with E-state index in [1.165, 1.54) is 10.5 Å². The molecule has 180 valence electrons. The molecule has 1 heterocycles. The van der Waals surface area contributed by atoms with Gasteiger partial charge in [-0.2, -0.15) is 0 Å². The van der Waals surface area contributed by atoms with Crippen molar-refractivity contribution in [3.63, 3.8) is 0 Å². The van der Waals surface area contributed by atoms with Crippen LogP contribution in [-0.4, -0.2) is 46.0 Å². The van der Waals surface area contributed by atoms with Crippen LogP contribution in [0.5, 0.6) is 0 Å². The Morgan fingerprint density at radius 2 is 1.79 bits per heavy atom. The Balaban J connectivity index is 1.93. The van der Waals surface area contributed by atoms with Crippen LogP contribution in [0, 0.1) is 19.8 Å². The molecule has 2 aromatic carbocycles. The Hall–Kier alpha value is -3.32. The monoisotopic (exact) mass is 481 g/mol. The van der Waals surface area contributed by atoms with E-state index < -0.39 is 0 Å². The van der Waals surface area contributed by atoms with E-state index in [2.05, 4.69) is 23.6 Å². The predicted molar refractivity (Wildman–Crippen MR) is 138 cm³/mol. The van der Waals surface area contributed by atoms with Gasteiger partial charge in [-0.25, -0.2) is 9.78 Å². The average Bonchev–Trinajstić information content (AvgIpc) is 3.19. The van der Waals surface area contributed by atoms with E-state index in [9.17, 15) is 9.59 Å². The third-order valence-corrected chi connectivity index (χ3v) is 5.65. The first-order chi connectivity index (χ1) is 16.2. The molecule has 0 aliphatic heterocycles. The zero-order valence-corrected chi connectivity index (χ0v) is 21.1. The number of imidazole rings is 1. The molecule has 0 unspecified atom stereocenters. The fourth-order valence-electron chi connectivity index (χ4n) is 3.56. The zero-order valence-electron chi connectivity index (χ0n) is 20.4. The number of anilines is 1. The highest BCUT2D eigenvalue weighted by atomic mass is 35.5. The minimum Gasteiger partial charge on any atom is -0.338 e. The van der Waals surface area contributed by atoms with Gasteiger partial charge >= 0.3 is 6.03 Å². The quantitative estimate of drug-likeness (QED) is 0.450. The van der Waals surface area contributed by atoms with Crippen LogP contribution in [0.1, 0.15) is 31.9 Å². The molecule has 0 aliphatic carbocycles. The number of amides is 3. The van der Waals surface area contributed by atoms with Gasteiger partial charge in [0.15, 0.2) is 0 Å². The predicted octanol–water partition coefficient (Wildman–Crippen LogP) is 5.44. The Bertz CT molecular complexity index is 1150. The maximum Gasteiger partial charge on any atom is 0.317 e. The highest BCUT2D eigenvalue weighted by Crippen LogP contribution is 2.26. The molecule has 7 nitrogen and oxygen atoms in total. The number of aryl methyl sites for hydroxylation is 2. The molecule has 0 radical (unpaired) electrons. The van der Waals surface area contributed by atoms with Gasteiger partial charge in [0.05, 0.1) is 5.69 Å². The molecule has 0 fully saturated rings. The third-order valence-electron chi connectivity index (χ3n) is 5.40. The lowest BCUT2D eigenvalue weighted by Crippen LogP contribution is -2.45.